The molecule has 2 saturated carbocycles. The van der Waals surface area contributed by atoms with Crippen LogP contribution < -0.4 is 0 Å². The molecule has 2 aliphatic rings. The number of amides is 1. The third kappa shape index (κ3) is 2.69. The van der Waals surface area contributed by atoms with Gasteiger partial charge < -0.3 is 10.0 Å². The lowest BCUT2D eigenvalue weighted by Gasteiger charge is -2.23. The third-order valence-corrected chi connectivity index (χ3v) is 3.97. The van der Waals surface area contributed by atoms with Crippen LogP contribution in [0.1, 0.15) is 54.7 Å². The minimum Gasteiger partial charge on any atom is -0.481 e. The number of nitrogens with zero attached hydrogens (tertiary/aromatic N) is 2. The van der Waals surface area contributed by atoms with E-state index in [2.05, 4.69) is 10.2 Å². The molecule has 0 radical (unpaired) electrons. The predicted molar refractivity (Wildman–Crippen MR) is 71.4 cm³/mol. The maximum Gasteiger partial charge on any atom is 0.308 e. The van der Waals surface area contributed by atoms with Crippen molar-refractivity contribution in [3.63, 3.8) is 0 Å². The number of carboxylic acid groups (broad SMARTS) is 1. The van der Waals surface area contributed by atoms with E-state index in [-0.39, 0.29) is 18.5 Å². The summed E-state index contributed by atoms with van der Waals surface area (Å²) in [5, 5.41) is 16.0. The number of aromatic amines is 1. The fourth-order valence-corrected chi connectivity index (χ4v) is 2.35. The quantitative estimate of drug-likeness (QED) is 0.827. The van der Waals surface area contributed by atoms with Crippen LogP contribution in [-0.2, 0) is 4.79 Å². The molecule has 1 aromatic heterocycles. The molecule has 6 heteroatoms. The molecule has 6 nitrogen and oxygen atoms in total. The number of hydrogen-bond acceptors (Lipinski definition) is 3. The summed E-state index contributed by atoms with van der Waals surface area (Å²) in [5.74, 6) is -1.05. The van der Waals surface area contributed by atoms with Crippen LogP contribution in [0.15, 0.2) is 6.07 Å². The lowest BCUT2D eigenvalue weighted by molar-refractivity contribution is -0.141. The Bertz CT molecular complexity index is 532. The fraction of sp³-hybridized carbons (Fsp3) is 0.643. The van der Waals surface area contributed by atoms with Gasteiger partial charge in [-0.05, 0) is 31.7 Å². The van der Waals surface area contributed by atoms with E-state index in [4.69, 9.17) is 5.11 Å². The zero-order valence-corrected chi connectivity index (χ0v) is 11.5. The molecule has 1 atom stereocenters. The molecular formula is C14H19N3O3. The largest absolute Gasteiger partial charge is 0.481 e. The van der Waals surface area contributed by atoms with Crippen molar-refractivity contribution in [2.75, 3.05) is 6.54 Å². The van der Waals surface area contributed by atoms with Crippen LogP contribution in [0.3, 0.4) is 0 Å². The van der Waals surface area contributed by atoms with Crippen LogP contribution in [0.4, 0.5) is 0 Å². The van der Waals surface area contributed by atoms with Gasteiger partial charge in [0.05, 0.1) is 5.92 Å². The Morgan fingerprint density at radius 1 is 1.45 bits per heavy atom. The van der Waals surface area contributed by atoms with Crippen molar-refractivity contribution in [2.45, 2.75) is 44.6 Å². The Balaban J connectivity index is 1.72. The molecule has 2 aliphatic carbocycles. The van der Waals surface area contributed by atoms with Crippen LogP contribution >= 0.6 is 0 Å². The average Bonchev–Trinajstić information content (AvgIpc) is 3.34. The van der Waals surface area contributed by atoms with Gasteiger partial charge in [-0.3, -0.25) is 14.7 Å². The summed E-state index contributed by atoms with van der Waals surface area (Å²) in [6.07, 6.45) is 4.21. The lowest BCUT2D eigenvalue weighted by Crippen LogP contribution is -2.38. The smallest absolute Gasteiger partial charge is 0.308 e. The molecular weight excluding hydrogens is 258 g/mol. The highest BCUT2D eigenvalue weighted by Gasteiger charge is 2.36. The lowest BCUT2D eigenvalue weighted by atomic mass is 10.1. The van der Waals surface area contributed by atoms with Gasteiger partial charge >= 0.3 is 5.97 Å². The number of aromatic nitrogens is 2. The first kappa shape index (κ1) is 13.1. The van der Waals surface area contributed by atoms with E-state index in [1.807, 2.05) is 6.07 Å². The van der Waals surface area contributed by atoms with Crippen molar-refractivity contribution < 1.29 is 14.7 Å². The zero-order valence-electron chi connectivity index (χ0n) is 11.5. The third-order valence-electron chi connectivity index (χ3n) is 3.97. The first-order chi connectivity index (χ1) is 9.56. The molecule has 1 aromatic rings. The van der Waals surface area contributed by atoms with Gasteiger partial charge in [0, 0.05) is 24.2 Å². The second-order valence-corrected chi connectivity index (χ2v) is 5.91. The highest BCUT2D eigenvalue weighted by atomic mass is 16.4. The van der Waals surface area contributed by atoms with E-state index in [1.54, 1.807) is 11.8 Å². The molecule has 0 aliphatic heterocycles. The van der Waals surface area contributed by atoms with Crippen molar-refractivity contribution in [1.82, 2.24) is 15.1 Å². The van der Waals surface area contributed by atoms with Crippen LogP contribution in [-0.4, -0.2) is 44.7 Å². The molecule has 2 fully saturated rings. The van der Waals surface area contributed by atoms with Gasteiger partial charge in [-0.2, -0.15) is 5.10 Å². The van der Waals surface area contributed by atoms with Crippen LogP contribution in [0.25, 0.3) is 0 Å². The number of aliphatic carboxylic acids is 1. The molecule has 0 unspecified atom stereocenters. The van der Waals surface area contributed by atoms with E-state index in [0.717, 1.165) is 31.4 Å². The number of carbonyl (C=O) groups excluding carboxylic acids is 1. The van der Waals surface area contributed by atoms with Gasteiger partial charge in [0.15, 0.2) is 0 Å². The Morgan fingerprint density at radius 2 is 2.15 bits per heavy atom. The van der Waals surface area contributed by atoms with E-state index < -0.39 is 11.9 Å². The van der Waals surface area contributed by atoms with Gasteiger partial charge in [-0.25, -0.2) is 0 Å². The molecule has 0 spiro atoms. The van der Waals surface area contributed by atoms with Crippen molar-refractivity contribution in [2.24, 2.45) is 5.92 Å². The second-order valence-electron chi connectivity index (χ2n) is 5.91. The summed E-state index contributed by atoms with van der Waals surface area (Å²) in [6, 6.07) is 2.01. The number of nitrogens with one attached hydrogen (secondary N) is 1. The summed E-state index contributed by atoms with van der Waals surface area (Å²) < 4.78 is 0. The molecule has 20 heavy (non-hydrogen) atoms. The Morgan fingerprint density at radius 3 is 2.70 bits per heavy atom. The van der Waals surface area contributed by atoms with E-state index in [0.29, 0.717) is 11.6 Å². The number of rotatable bonds is 6. The van der Waals surface area contributed by atoms with Crippen molar-refractivity contribution in [1.29, 1.82) is 0 Å². The summed E-state index contributed by atoms with van der Waals surface area (Å²) in [5.41, 5.74) is 1.44. The second kappa shape index (κ2) is 4.92. The van der Waals surface area contributed by atoms with Gasteiger partial charge in [0.25, 0.3) is 5.91 Å². The monoisotopic (exact) mass is 277 g/mol. The highest BCUT2D eigenvalue weighted by Crippen LogP contribution is 2.39. The van der Waals surface area contributed by atoms with E-state index in [9.17, 15) is 9.59 Å². The van der Waals surface area contributed by atoms with E-state index >= 15 is 0 Å². The molecule has 108 valence electrons. The van der Waals surface area contributed by atoms with Gasteiger partial charge in [0.2, 0.25) is 0 Å². The fourth-order valence-electron chi connectivity index (χ4n) is 2.35. The standard InChI is InChI=1S/C14H19N3O3/c1-8(14(19)20)7-17(10-4-5-10)13(18)12-6-11(15-16-12)9-2-3-9/h6,8-10H,2-5,7H2,1H3,(H,15,16)(H,19,20)/t8-/m1/s1. The number of carbonyl (C=O) groups is 2. The minimum atomic E-state index is -0.871. The van der Waals surface area contributed by atoms with Crippen LogP contribution in [0.5, 0.6) is 0 Å². The maximum absolute atomic E-state index is 12.5. The number of carboxylic acids is 1. The van der Waals surface area contributed by atoms with Crippen molar-refractivity contribution >= 4 is 11.9 Å². The van der Waals surface area contributed by atoms with Crippen molar-refractivity contribution in [3.05, 3.63) is 17.5 Å². The molecule has 1 heterocycles. The van der Waals surface area contributed by atoms with Gasteiger partial charge in [0.1, 0.15) is 5.69 Å². The molecule has 0 bridgehead atoms. The minimum absolute atomic E-state index is 0.149. The predicted octanol–water partition coefficient (Wildman–Crippen LogP) is 1.61. The van der Waals surface area contributed by atoms with Crippen molar-refractivity contribution in [3.8, 4) is 0 Å². The molecule has 0 saturated heterocycles. The Labute approximate surface area is 117 Å². The first-order valence-electron chi connectivity index (χ1n) is 7.15. The van der Waals surface area contributed by atoms with Crippen LogP contribution in [0.2, 0.25) is 0 Å². The average molecular weight is 277 g/mol. The first-order valence-corrected chi connectivity index (χ1v) is 7.15. The molecule has 3 rings (SSSR count). The number of hydrogen-bond donors (Lipinski definition) is 2. The Hall–Kier alpha value is -1.85. The summed E-state index contributed by atoms with van der Waals surface area (Å²) >= 11 is 0. The SMILES string of the molecule is C[C@H](CN(C(=O)c1cc(C2CC2)[nH]n1)C1CC1)C(=O)O. The topological polar surface area (TPSA) is 86.3 Å². The molecule has 2 N–H and O–H groups in total. The van der Waals surface area contributed by atoms with E-state index in [1.165, 1.54) is 0 Å². The summed E-state index contributed by atoms with van der Waals surface area (Å²) in [6.45, 7) is 1.88. The summed E-state index contributed by atoms with van der Waals surface area (Å²) in [7, 11) is 0. The van der Waals surface area contributed by atoms with Crippen LogP contribution in [0, 0.1) is 5.92 Å². The normalized spacial score (nSPS) is 19.6. The highest BCUT2D eigenvalue weighted by molar-refractivity contribution is 5.93. The summed E-state index contributed by atoms with van der Waals surface area (Å²) in [4.78, 5) is 25.1. The molecule has 1 amide bonds. The molecule has 0 aromatic carbocycles. The Kier molecular flexibility index (Phi) is 3.23. The van der Waals surface area contributed by atoms with Gasteiger partial charge in [-0.1, -0.05) is 6.92 Å². The zero-order chi connectivity index (χ0) is 14.3. The maximum atomic E-state index is 12.5. The van der Waals surface area contributed by atoms with Gasteiger partial charge in [-0.15, -0.1) is 0 Å². The number of H-pyrrole nitrogens is 1.